The lowest BCUT2D eigenvalue weighted by molar-refractivity contribution is 0.0603. The van der Waals surface area contributed by atoms with Crippen molar-refractivity contribution in [2.24, 2.45) is 0 Å². The minimum atomic E-state index is -0.452. The average molecular weight is 312 g/mol. The van der Waals surface area contributed by atoms with Gasteiger partial charge in [-0.1, -0.05) is 18.2 Å². The maximum absolute atomic E-state index is 12.2. The lowest BCUT2D eigenvalue weighted by Gasteiger charge is -2.08. The Hall–Kier alpha value is -2.95. The number of hydrogen-bond donors (Lipinski definition) is 0. The zero-order chi connectivity index (χ0) is 16.4. The molecule has 0 aliphatic heterocycles. The third-order valence-electron chi connectivity index (χ3n) is 3.60. The van der Waals surface area contributed by atoms with Crippen LogP contribution in [0.1, 0.15) is 10.4 Å². The Morgan fingerprint density at radius 3 is 2.22 bits per heavy atom. The summed E-state index contributed by atoms with van der Waals surface area (Å²) in [5, 5.41) is 0.705. The maximum Gasteiger partial charge on any atom is 0.342 e. The van der Waals surface area contributed by atoms with E-state index in [1.807, 2.05) is 24.3 Å². The summed E-state index contributed by atoms with van der Waals surface area (Å²) in [6.45, 7) is 0. The Bertz CT molecular complexity index is 841. The van der Waals surface area contributed by atoms with Crippen molar-refractivity contribution >= 4 is 16.9 Å². The molecule has 2 aromatic carbocycles. The van der Waals surface area contributed by atoms with Gasteiger partial charge in [0.05, 0.1) is 21.3 Å². The topological polar surface area (TPSA) is 57.9 Å². The van der Waals surface area contributed by atoms with E-state index in [1.165, 1.54) is 7.11 Å². The number of para-hydroxylation sites is 1. The molecule has 23 heavy (non-hydrogen) atoms. The fourth-order valence-corrected chi connectivity index (χ4v) is 2.49. The first-order valence-corrected chi connectivity index (χ1v) is 7.01. The van der Waals surface area contributed by atoms with E-state index < -0.39 is 5.97 Å². The van der Waals surface area contributed by atoms with Crippen molar-refractivity contribution in [1.29, 1.82) is 0 Å². The summed E-state index contributed by atoms with van der Waals surface area (Å²) in [6.07, 6.45) is 0. The van der Waals surface area contributed by atoms with E-state index in [2.05, 4.69) is 0 Å². The number of fused-ring (bicyclic) bond motifs is 1. The number of benzene rings is 2. The number of carbonyl (C=O) groups excluding carboxylic acids is 1. The molecule has 3 aromatic rings. The van der Waals surface area contributed by atoms with Crippen LogP contribution in [-0.2, 0) is 4.74 Å². The van der Waals surface area contributed by atoms with Crippen molar-refractivity contribution in [2.45, 2.75) is 0 Å². The normalized spacial score (nSPS) is 10.6. The molecule has 0 saturated heterocycles. The first kappa shape index (κ1) is 15.0. The highest BCUT2D eigenvalue weighted by Crippen LogP contribution is 2.37. The van der Waals surface area contributed by atoms with Crippen LogP contribution in [0.2, 0.25) is 0 Å². The van der Waals surface area contributed by atoms with Gasteiger partial charge in [0.25, 0.3) is 0 Å². The van der Waals surface area contributed by atoms with Crippen molar-refractivity contribution in [3.8, 4) is 22.8 Å². The van der Waals surface area contributed by atoms with Crippen molar-refractivity contribution in [3.05, 3.63) is 48.0 Å². The molecule has 0 amide bonds. The Labute approximate surface area is 133 Å². The van der Waals surface area contributed by atoms with E-state index in [1.54, 1.807) is 32.4 Å². The molecule has 0 bridgehead atoms. The third-order valence-corrected chi connectivity index (χ3v) is 3.60. The second kappa shape index (κ2) is 6.04. The van der Waals surface area contributed by atoms with Crippen LogP contribution in [0.4, 0.5) is 0 Å². The Balaban J connectivity index is 2.29. The van der Waals surface area contributed by atoms with E-state index in [0.29, 0.717) is 39.4 Å². The molecule has 0 atom stereocenters. The first-order valence-electron chi connectivity index (χ1n) is 7.01. The monoisotopic (exact) mass is 312 g/mol. The van der Waals surface area contributed by atoms with Crippen LogP contribution in [0.25, 0.3) is 22.3 Å². The van der Waals surface area contributed by atoms with Gasteiger partial charge < -0.3 is 18.6 Å². The number of furan rings is 1. The average Bonchev–Trinajstić information content (AvgIpc) is 3.00. The molecule has 5 heteroatoms. The fourth-order valence-electron chi connectivity index (χ4n) is 2.49. The maximum atomic E-state index is 12.2. The Morgan fingerprint density at radius 2 is 1.61 bits per heavy atom. The summed E-state index contributed by atoms with van der Waals surface area (Å²) in [7, 11) is 4.48. The number of ether oxygens (including phenoxy) is 3. The molecule has 0 aliphatic rings. The van der Waals surface area contributed by atoms with Gasteiger partial charge in [-0.25, -0.2) is 4.79 Å². The molecule has 0 radical (unpaired) electrons. The SMILES string of the molecule is COC(=O)c1c(-c2cc(OC)cc(OC)c2)oc2ccccc12. The summed E-state index contributed by atoms with van der Waals surface area (Å²) in [5.74, 6) is 1.19. The van der Waals surface area contributed by atoms with Gasteiger partial charge in [-0.3, -0.25) is 0 Å². The molecular weight excluding hydrogens is 296 g/mol. The van der Waals surface area contributed by atoms with E-state index in [4.69, 9.17) is 18.6 Å². The predicted octanol–water partition coefficient (Wildman–Crippen LogP) is 3.90. The predicted molar refractivity (Wildman–Crippen MR) is 86.1 cm³/mol. The zero-order valence-corrected chi connectivity index (χ0v) is 13.1. The van der Waals surface area contributed by atoms with Crippen molar-refractivity contribution in [3.63, 3.8) is 0 Å². The van der Waals surface area contributed by atoms with E-state index in [-0.39, 0.29) is 0 Å². The number of hydrogen-bond acceptors (Lipinski definition) is 5. The quantitative estimate of drug-likeness (QED) is 0.684. The van der Waals surface area contributed by atoms with Gasteiger partial charge >= 0.3 is 5.97 Å². The van der Waals surface area contributed by atoms with Crippen LogP contribution in [0.5, 0.6) is 11.5 Å². The molecule has 0 spiro atoms. The van der Waals surface area contributed by atoms with Crippen LogP contribution in [0, 0.1) is 0 Å². The van der Waals surface area contributed by atoms with Gasteiger partial charge in [-0.2, -0.15) is 0 Å². The minimum Gasteiger partial charge on any atom is -0.497 e. The minimum absolute atomic E-state index is 0.387. The number of carbonyl (C=O) groups is 1. The molecule has 0 fully saturated rings. The van der Waals surface area contributed by atoms with Crippen molar-refractivity contribution in [1.82, 2.24) is 0 Å². The van der Waals surface area contributed by atoms with Crippen molar-refractivity contribution < 1.29 is 23.4 Å². The number of rotatable bonds is 4. The van der Waals surface area contributed by atoms with Gasteiger partial charge in [0.15, 0.2) is 0 Å². The molecule has 0 aliphatic carbocycles. The standard InChI is InChI=1S/C18H16O5/c1-20-12-8-11(9-13(10-12)21-2)17-16(18(19)22-3)14-6-4-5-7-15(14)23-17/h4-10H,1-3H3. The molecule has 0 unspecified atom stereocenters. The van der Waals surface area contributed by atoms with Crippen LogP contribution in [0.3, 0.4) is 0 Å². The summed E-state index contributed by atoms with van der Waals surface area (Å²) >= 11 is 0. The second-order valence-electron chi connectivity index (χ2n) is 4.90. The van der Waals surface area contributed by atoms with Gasteiger partial charge in [-0.15, -0.1) is 0 Å². The summed E-state index contributed by atoms with van der Waals surface area (Å²) < 4.78 is 21.4. The lowest BCUT2D eigenvalue weighted by atomic mass is 10.0. The molecule has 1 aromatic heterocycles. The van der Waals surface area contributed by atoms with Crippen molar-refractivity contribution in [2.75, 3.05) is 21.3 Å². The molecule has 5 nitrogen and oxygen atoms in total. The Morgan fingerprint density at radius 1 is 0.957 bits per heavy atom. The summed E-state index contributed by atoms with van der Waals surface area (Å²) in [5.41, 5.74) is 1.68. The molecule has 3 rings (SSSR count). The largest absolute Gasteiger partial charge is 0.497 e. The highest BCUT2D eigenvalue weighted by atomic mass is 16.5. The third kappa shape index (κ3) is 2.61. The highest BCUT2D eigenvalue weighted by Gasteiger charge is 2.23. The molecular formula is C18H16O5. The van der Waals surface area contributed by atoms with Gasteiger partial charge in [-0.05, 0) is 18.2 Å². The van der Waals surface area contributed by atoms with Crippen LogP contribution in [0.15, 0.2) is 46.9 Å². The molecule has 0 saturated carbocycles. The van der Waals surface area contributed by atoms with E-state index in [0.717, 1.165) is 0 Å². The molecule has 0 N–H and O–H groups in total. The molecule has 1 heterocycles. The Kier molecular flexibility index (Phi) is 3.93. The number of methoxy groups -OCH3 is 3. The van der Waals surface area contributed by atoms with Gasteiger partial charge in [0.1, 0.15) is 28.4 Å². The summed E-state index contributed by atoms with van der Waals surface area (Å²) in [4.78, 5) is 12.2. The van der Waals surface area contributed by atoms with Gasteiger partial charge in [0, 0.05) is 17.0 Å². The lowest BCUT2D eigenvalue weighted by Crippen LogP contribution is -2.02. The fraction of sp³-hybridized carbons (Fsp3) is 0.167. The van der Waals surface area contributed by atoms with E-state index >= 15 is 0 Å². The second-order valence-corrected chi connectivity index (χ2v) is 4.90. The number of esters is 1. The van der Waals surface area contributed by atoms with Gasteiger partial charge in [0.2, 0.25) is 0 Å². The molecule has 118 valence electrons. The van der Waals surface area contributed by atoms with Crippen LogP contribution < -0.4 is 9.47 Å². The smallest absolute Gasteiger partial charge is 0.342 e. The zero-order valence-electron chi connectivity index (χ0n) is 13.1. The first-order chi connectivity index (χ1) is 11.2. The van der Waals surface area contributed by atoms with E-state index in [9.17, 15) is 4.79 Å². The summed E-state index contributed by atoms with van der Waals surface area (Å²) in [6, 6.07) is 12.7. The highest BCUT2D eigenvalue weighted by molar-refractivity contribution is 6.08. The van der Waals surface area contributed by atoms with Crippen LogP contribution in [-0.4, -0.2) is 27.3 Å². The van der Waals surface area contributed by atoms with Crippen LogP contribution >= 0.6 is 0 Å².